The fourth-order valence-corrected chi connectivity index (χ4v) is 3.46. The summed E-state index contributed by atoms with van der Waals surface area (Å²) < 4.78 is 244. The minimum atomic E-state index is -7.93. The number of carbonyl (C=O) groups is 2. The van der Waals surface area contributed by atoms with Crippen molar-refractivity contribution in [1.82, 2.24) is 0 Å². The van der Waals surface area contributed by atoms with Crippen LogP contribution in [0.3, 0.4) is 0 Å². The van der Waals surface area contributed by atoms with Gasteiger partial charge in [0.15, 0.2) is 0 Å². The number of rotatable bonds is 5. The fourth-order valence-electron chi connectivity index (χ4n) is 3.46. The molecule has 0 saturated heterocycles. The summed E-state index contributed by atoms with van der Waals surface area (Å²) in [7, 11) is 0. The number of hydrogen-bond acceptors (Lipinski definition) is 5. The minimum absolute atomic E-state index is 2.12. The third-order valence-electron chi connectivity index (χ3n) is 5.35. The molecular weight excluding hydrogens is 658 g/mol. The van der Waals surface area contributed by atoms with Gasteiger partial charge in [0.05, 0.1) is 11.1 Å². The standard InChI is InChI=1S/C17H6F18O7/c18-12(19,20)9(40,13(21,22)23)3-1-2(7(36)37)5(10(41,14(24,25)26)15(27,28)29)4(8(38)39)6(3)11(42,16(30,31)32)17(33,34)35/h1,40-42H,(H,36,37)(H,38,39). The van der Waals surface area contributed by atoms with Crippen LogP contribution in [0.25, 0.3) is 0 Å². The molecule has 0 atom stereocenters. The van der Waals surface area contributed by atoms with Gasteiger partial charge in [-0.05, 0) is 6.07 Å². The molecule has 1 aromatic rings. The lowest BCUT2D eigenvalue weighted by atomic mass is 9.72. The molecule has 242 valence electrons. The van der Waals surface area contributed by atoms with Crippen molar-refractivity contribution in [1.29, 1.82) is 0 Å². The lowest BCUT2D eigenvalue weighted by Crippen LogP contribution is -2.61. The average molecular weight is 664 g/mol. The van der Waals surface area contributed by atoms with Crippen LogP contribution in [0.5, 0.6) is 0 Å². The molecule has 25 heteroatoms. The maximum Gasteiger partial charge on any atom is 0.430 e. The SMILES string of the molecule is O=C(O)c1cc(C(O)(C(F)(F)F)C(F)(F)F)c(C(O)(C(F)(F)F)C(F)(F)F)c(C(=O)O)c1C(O)(C(F)(F)F)C(F)(F)F. The van der Waals surface area contributed by atoms with Crippen LogP contribution in [0.2, 0.25) is 0 Å². The Bertz CT molecular complexity index is 1200. The highest BCUT2D eigenvalue weighted by atomic mass is 19.4. The molecule has 0 aliphatic carbocycles. The first-order valence-electron chi connectivity index (χ1n) is 9.26. The Balaban J connectivity index is 5.31. The number of carboxylic acid groups (broad SMARTS) is 2. The zero-order chi connectivity index (χ0) is 34.2. The van der Waals surface area contributed by atoms with E-state index in [-0.39, 0.29) is 0 Å². The first-order valence-corrected chi connectivity index (χ1v) is 9.26. The van der Waals surface area contributed by atoms with Crippen molar-refractivity contribution in [2.45, 2.75) is 53.9 Å². The van der Waals surface area contributed by atoms with E-state index in [1.807, 2.05) is 0 Å². The van der Waals surface area contributed by atoms with Crippen molar-refractivity contribution in [3.63, 3.8) is 0 Å². The quantitative estimate of drug-likeness (QED) is 0.279. The second-order valence-corrected chi connectivity index (χ2v) is 7.82. The van der Waals surface area contributed by atoms with Gasteiger partial charge in [-0.2, -0.15) is 79.0 Å². The number of alkyl halides is 18. The van der Waals surface area contributed by atoms with Crippen molar-refractivity contribution in [3.05, 3.63) is 33.9 Å². The summed E-state index contributed by atoms with van der Waals surface area (Å²) in [6.07, 6.45) is -46.7. The van der Waals surface area contributed by atoms with Crippen molar-refractivity contribution in [2.75, 3.05) is 0 Å². The molecule has 0 aromatic heterocycles. The summed E-state index contributed by atoms with van der Waals surface area (Å²) in [5, 5.41) is 46.6. The van der Waals surface area contributed by atoms with E-state index in [9.17, 15) is 104 Å². The van der Waals surface area contributed by atoms with Crippen molar-refractivity contribution in [2.24, 2.45) is 0 Å². The van der Waals surface area contributed by atoms with Crippen LogP contribution in [0.15, 0.2) is 6.07 Å². The maximum atomic E-state index is 13.6. The van der Waals surface area contributed by atoms with Gasteiger partial charge in [0.25, 0.3) is 16.8 Å². The Morgan fingerprint density at radius 1 is 0.452 bits per heavy atom. The van der Waals surface area contributed by atoms with Gasteiger partial charge in [-0.15, -0.1) is 0 Å². The zero-order valence-electron chi connectivity index (χ0n) is 18.4. The summed E-state index contributed by atoms with van der Waals surface area (Å²) in [6.45, 7) is 0. The molecule has 0 spiro atoms. The molecule has 0 bridgehead atoms. The lowest BCUT2D eigenvalue weighted by Gasteiger charge is -2.42. The third-order valence-corrected chi connectivity index (χ3v) is 5.35. The third kappa shape index (κ3) is 5.03. The monoisotopic (exact) mass is 664 g/mol. The fraction of sp³-hybridized carbons (Fsp3) is 0.529. The topological polar surface area (TPSA) is 135 Å². The van der Waals surface area contributed by atoms with Crippen molar-refractivity contribution in [3.8, 4) is 0 Å². The second kappa shape index (κ2) is 9.65. The van der Waals surface area contributed by atoms with Crippen LogP contribution in [-0.4, -0.2) is 74.5 Å². The Hall–Kier alpha value is -3.22. The molecule has 1 aromatic carbocycles. The average Bonchev–Trinajstić information content (AvgIpc) is 2.70. The van der Waals surface area contributed by atoms with Crippen LogP contribution >= 0.6 is 0 Å². The highest BCUT2D eigenvalue weighted by Crippen LogP contribution is 2.61. The summed E-state index contributed by atoms with van der Waals surface area (Å²) in [5.41, 5.74) is -43.8. The molecule has 0 fully saturated rings. The Morgan fingerprint density at radius 3 is 0.929 bits per heavy atom. The zero-order valence-corrected chi connectivity index (χ0v) is 18.4. The van der Waals surface area contributed by atoms with E-state index in [0.29, 0.717) is 0 Å². The molecule has 7 nitrogen and oxygen atoms in total. The number of benzene rings is 1. The molecule has 5 N–H and O–H groups in total. The molecule has 0 saturated carbocycles. The van der Waals surface area contributed by atoms with Gasteiger partial charge in [0.2, 0.25) is 0 Å². The lowest BCUT2D eigenvalue weighted by molar-refractivity contribution is -0.388. The Labute approximate surface area is 215 Å². The van der Waals surface area contributed by atoms with Crippen molar-refractivity contribution < 1.29 is 114 Å². The van der Waals surface area contributed by atoms with Gasteiger partial charge >= 0.3 is 49.0 Å². The molecule has 0 heterocycles. The Morgan fingerprint density at radius 2 is 0.714 bits per heavy atom. The van der Waals surface area contributed by atoms with Gasteiger partial charge < -0.3 is 25.5 Å². The molecule has 1 rings (SSSR count). The predicted molar refractivity (Wildman–Crippen MR) is 88.4 cm³/mol. The minimum Gasteiger partial charge on any atom is -0.478 e. The van der Waals surface area contributed by atoms with E-state index in [1.54, 1.807) is 0 Å². The van der Waals surface area contributed by atoms with E-state index in [1.165, 1.54) is 0 Å². The first kappa shape index (κ1) is 36.8. The molecule has 0 radical (unpaired) electrons. The van der Waals surface area contributed by atoms with Crippen molar-refractivity contribution >= 4 is 11.9 Å². The van der Waals surface area contributed by atoms with E-state index >= 15 is 0 Å². The molecule has 0 amide bonds. The van der Waals surface area contributed by atoms with E-state index < -0.39 is 99.7 Å². The largest absolute Gasteiger partial charge is 0.478 e. The molecule has 42 heavy (non-hydrogen) atoms. The van der Waals surface area contributed by atoms with Crippen LogP contribution < -0.4 is 0 Å². The van der Waals surface area contributed by atoms with Gasteiger partial charge in [-0.3, -0.25) is 0 Å². The van der Waals surface area contributed by atoms with E-state index in [2.05, 4.69) is 0 Å². The van der Waals surface area contributed by atoms with Gasteiger partial charge in [-0.1, -0.05) is 0 Å². The number of aromatic carboxylic acids is 2. The summed E-state index contributed by atoms with van der Waals surface area (Å²) >= 11 is 0. The second-order valence-electron chi connectivity index (χ2n) is 7.82. The molecule has 0 aliphatic rings. The molecule has 0 aliphatic heterocycles. The predicted octanol–water partition coefficient (Wildman–Crippen LogP) is 5.02. The highest BCUT2D eigenvalue weighted by molar-refractivity contribution is 5.99. The van der Waals surface area contributed by atoms with Crippen LogP contribution in [0.4, 0.5) is 79.0 Å². The summed E-state index contributed by atoms with van der Waals surface area (Å²) in [5.74, 6) is -7.96. The van der Waals surface area contributed by atoms with Gasteiger partial charge in [0.1, 0.15) is 0 Å². The molecular formula is C17H6F18O7. The highest BCUT2D eigenvalue weighted by Gasteiger charge is 2.80. The van der Waals surface area contributed by atoms with Crippen LogP contribution in [-0.2, 0) is 16.8 Å². The maximum absolute atomic E-state index is 13.6. The Kier molecular flexibility index (Phi) is 8.46. The number of halogens is 18. The number of aliphatic hydroxyl groups is 3. The normalized spacial score (nSPS) is 15.2. The van der Waals surface area contributed by atoms with Gasteiger partial charge in [0, 0.05) is 16.7 Å². The summed E-state index contributed by atoms with van der Waals surface area (Å²) in [4.78, 5) is 23.1. The van der Waals surface area contributed by atoms with Crippen LogP contribution in [0, 0.1) is 0 Å². The number of hydrogen-bond donors (Lipinski definition) is 5. The first-order chi connectivity index (χ1) is 18.0. The summed E-state index contributed by atoms with van der Waals surface area (Å²) in [6, 6.07) is -2.12. The molecule has 0 unspecified atom stereocenters. The van der Waals surface area contributed by atoms with E-state index in [4.69, 9.17) is 10.2 Å². The van der Waals surface area contributed by atoms with E-state index in [0.717, 1.165) is 0 Å². The smallest absolute Gasteiger partial charge is 0.430 e. The number of carboxylic acids is 2. The van der Waals surface area contributed by atoms with Gasteiger partial charge in [-0.25, -0.2) is 9.59 Å². The van der Waals surface area contributed by atoms with Crippen LogP contribution in [0.1, 0.15) is 37.4 Å².